The van der Waals surface area contributed by atoms with Crippen molar-refractivity contribution in [2.75, 3.05) is 25.7 Å². The molecule has 4 aromatic carbocycles. The van der Waals surface area contributed by atoms with Gasteiger partial charge in [-0.25, -0.2) is 0 Å². The van der Waals surface area contributed by atoms with Crippen molar-refractivity contribution in [3.05, 3.63) is 132 Å². The van der Waals surface area contributed by atoms with Gasteiger partial charge in [0.25, 0.3) is 0 Å². The molecule has 0 spiro atoms. The summed E-state index contributed by atoms with van der Waals surface area (Å²) in [5.41, 5.74) is -4.78. The molecule has 74 heavy (non-hydrogen) atoms. The lowest BCUT2D eigenvalue weighted by molar-refractivity contribution is 0.0487. The van der Waals surface area contributed by atoms with Crippen LogP contribution in [0.3, 0.4) is 0 Å². The van der Waals surface area contributed by atoms with Crippen molar-refractivity contribution in [3.8, 4) is 23.0 Å². The van der Waals surface area contributed by atoms with Gasteiger partial charge < -0.3 is 55.8 Å². The third-order valence-corrected chi connectivity index (χ3v) is 29.2. The molecule has 0 amide bonds. The van der Waals surface area contributed by atoms with Crippen LogP contribution in [0.4, 0.5) is 0 Å². The van der Waals surface area contributed by atoms with E-state index in [9.17, 15) is 39.6 Å². The van der Waals surface area contributed by atoms with Crippen LogP contribution < -0.4 is 18.9 Å². The zero-order chi connectivity index (χ0) is 55.6. The lowest BCUT2D eigenvalue weighted by atomic mass is 9.97. The van der Waals surface area contributed by atoms with E-state index in [1.165, 1.54) is 55.4 Å². The zero-order valence-corrected chi connectivity index (χ0v) is 49.0. The number of carbonyl (C=O) groups is 4. The highest BCUT2D eigenvalue weighted by Gasteiger charge is 2.58. The van der Waals surface area contributed by atoms with E-state index in [0.29, 0.717) is 70.2 Å². The molecule has 0 aliphatic carbocycles. The Kier molecular flexibility index (Phi) is 20.6. The van der Waals surface area contributed by atoms with Gasteiger partial charge in [-0.05, 0) is 204 Å². The molecule has 20 heteroatoms. The highest BCUT2D eigenvalue weighted by Crippen LogP contribution is 2.37. The minimum absolute atomic E-state index is 0.00402. The predicted molar refractivity (Wildman–Crippen MR) is 291 cm³/mol. The lowest BCUT2D eigenvalue weighted by Gasteiger charge is -2.49. The number of benzene rings is 4. The van der Waals surface area contributed by atoms with Gasteiger partial charge in [0.05, 0.1) is 13.2 Å². The fourth-order valence-corrected chi connectivity index (χ4v) is 29.8. The van der Waals surface area contributed by atoms with Crippen molar-refractivity contribution in [1.29, 1.82) is 0 Å². The fraction of sp³-hybridized carbons (Fsp3) is 0.444. The zero-order valence-electron chi connectivity index (χ0n) is 45.0. The average molecular weight is 1090 g/mol. The summed E-state index contributed by atoms with van der Waals surface area (Å²) in [7, 11) is -13.6. The molecule has 0 saturated carbocycles. The van der Waals surface area contributed by atoms with Gasteiger partial charge in [-0.2, -0.15) is 0 Å². The molecule has 4 aromatic rings. The van der Waals surface area contributed by atoms with Gasteiger partial charge >= 0.3 is 34.2 Å². The fourth-order valence-electron chi connectivity index (χ4n) is 8.05. The molecule has 1 fully saturated rings. The molecule has 404 valence electrons. The normalized spacial score (nSPS) is 21.5. The van der Waals surface area contributed by atoms with Crippen LogP contribution in [-0.2, 0) is 16.5 Å². The van der Waals surface area contributed by atoms with Crippen molar-refractivity contribution in [1.82, 2.24) is 0 Å². The third kappa shape index (κ3) is 18.1. The molecule has 1 saturated heterocycles. The maximum Gasteiger partial charge on any atom is 0.356 e. The Morgan fingerprint density at radius 3 is 0.824 bits per heavy atom. The first kappa shape index (κ1) is 61.6. The van der Waals surface area contributed by atoms with Crippen LogP contribution in [0.1, 0.15) is 110 Å². The number of carbonyl (C=O) groups excluding carboxylic acids is 4. The maximum absolute atomic E-state index is 12.8. The standard InChI is InChI=1S/C52H72O16Si4.C2H4/c1-49(2,57)45(53)37-15-23-41(24-16-37)61-31-13-33-69(9)65-70(10,34-14-32-62-42-25-17-38(18-26-42)46(54)50(3,4)58)67-72(12,36-64-44-29-21-40(22-30-44)48(56)52(7,8)60)68-71(11,66-69)35-63-43-27-19-39(20-28-43)47(55)51(5,6)59;1-2/h15-30,57-60H,13-14,31-36H2,1-12H3;1-2H2. The maximum atomic E-state index is 12.8. The smallest absolute Gasteiger partial charge is 0.356 e. The molecule has 4 atom stereocenters. The number of ether oxygens (including phenoxy) is 4. The quantitative estimate of drug-likeness (QED) is 0.0222. The Labute approximate surface area is 440 Å². The summed E-state index contributed by atoms with van der Waals surface area (Å²) in [5, 5.41) is 41.0. The first-order chi connectivity index (χ1) is 34.2. The molecule has 4 N–H and O–H groups in total. The van der Waals surface area contributed by atoms with Crippen LogP contribution in [0, 0.1) is 0 Å². The molecule has 1 aliphatic heterocycles. The monoisotopic (exact) mass is 1090 g/mol. The Hall–Kier alpha value is -4.95. The van der Waals surface area contributed by atoms with Crippen LogP contribution in [0.25, 0.3) is 0 Å². The van der Waals surface area contributed by atoms with Crippen molar-refractivity contribution in [2.45, 2.75) is 129 Å². The number of Topliss-reactive ketones (excluding diaryl/α,β-unsaturated/α-hetero) is 4. The second-order valence-electron chi connectivity index (χ2n) is 21.1. The number of rotatable bonds is 24. The molecule has 5 rings (SSSR count). The topological polar surface area (TPSA) is 223 Å². The van der Waals surface area contributed by atoms with Gasteiger partial charge in [0.1, 0.15) is 57.9 Å². The number of aliphatic hydroxyl groups is 4. The highest BCUT2D eigenvalue weighted by atomic mass is 28.5. The summed E-state index contributed by atoms with van der Waals surface area (Å²) >= 11 is 0. The molecule has 16 nitrogen and oxygen atoms in total. The summed E-state index contributed by atoms with van der Waals surface area (Å²) < 4.78 is 54.1. The first-order valence-corrected chi connectivity index (χ1v) is 34.6. The Balaban J connectivity index is 0.00000585. The summed E-state index contributed by atoms with van der Waals surface area (Å²) in [6.45, 7) is 25.8. The second kappa shape index (κ2) is 24.8. The predicted octanol–water partition coefficient (Wildman–Crippen LogP) is 9.15. The molecule has 1 aliphatic rings. The van der Waals surface area contributed by atoms with Gasteiger partial charge in [0, 0.05) is 22.3 Å². The Bertz CT molecular complexity index is 2340. The van der Waals surface area contributed by atoms with E-state index >= 15 is 0 Å². The van der Waals surface area contributed by atoms with Crippen LogP contribution in [0.15, 0.2) is 110 Å². The van der Waals surface area contributed by atoms with E-state index in [0.717, 1.165) is 0 Å². The highest BCUT2D eigenvalue weighted by molar-refractivity contribution is 6.94. The molecule has 0 aromatic heterocycles. The molecular weight excluding hydrogens is 1020 g/mol. The van der Waals surface area contributed by atoms with Gasteiger partial charge in [-0.15, -0.1) is 13.2 Å². The average Bonchev–Trinajstić information content (AvgIpc) is 3.31. The number of hydrogen-bond acceptors (Lipinski definition) is 16. The molecule has 1 heterocycles. The van der Waals surface area contributed by atoms with Crippen LogP contribution in [0.2, 0.25) is 38.3 Å². The second-order valence-corrected chi connectivity index (χ2v) is 35.0. The minimum atomic E-state index is -3.49. The minimum Gasteiger partial charge on any atom is -0.494 e. The van der Waals surface area contributed by atoms with E-state index in [1.807, 2.05) is 26.2 Å². The van der Waals surface area contributed by atoms with Crippen LogP contribution in [-0.4, -0.2) is 126 Å². The molecule has 4 unspecified atom stereocenters. The Morgan fingerprint density at radius 2 is 0.595 bits per heavy atom. The molecule has 0 radical (unpaired) electrons. The summed E-state index contributed by atoms with van der Waals surface area (Å²) in [5.74, 6) is 0.289. The number of ketones is 4. The largest absolute Gasteiger partial charge is 0.494 e. The van der Waals surface area contributed by atoms with Gasteiger partial charge in [-0.1, -0.05) is 0 Å². The van der Waals surface area contributed by atoms with Crippen molar-refractivity contribution in [2.24, 2.45) is 0 Å². The lowest BCUT2D eigenvalue weighted by Crippen LogP contribution is -2.70. The summed E-state index contributed by atoms with van der Waals surface area (Å²) in [6, 6.07) is 27.1. The van der Waals surface area contributed by atoms with Crippen LogP contribution >= 0.6 is 0 Å². The third-order valence-electron chi connectivity index (χ3n) is 11.5. The van der Waals surface area contributed by atoms with Gasteiger partial charge in [-0.3, -0.25) is 19.2 Å². The van der Waals surface area contributed by atoms with E-state index in [4.69, 9.17) is 35.4 Å². The van der Waals surface area contributed by atoms with Gasteiger partial charge in [0.15, 0.2) is 23.1 Å². The van der Waals surface area contributed by atoms with Crippen molar-refractivity contribution < 1.29 is 75.0 Å². The van der Waals surface area contributed by atoms with Crippen LogP contribution in [0.5, 0.6) is 23.0 Å². The van der Waals surface area contributed by atoms with E-state index in [-0.39, 0.29) is 25.7 Å². The number of hydrogen-bond donors (Lipinski definition) is 4. The van der Waals surface area contributed by atoms with E-state index < -0.39 is 79.8 Å². The molecule has 0 bridgehead atoms. The van der Waals surface area contributed by atoms with Crippen molar-refractivity contribution >= 4 is 57.4 Å². The van der Waals surface area contributed by atoms with Gasteiger partial charge in [0.2, 0.25) is 0 Å². The van der Waals surface area contributed by atoms with E-state index in [1.54, 1.807) is 97.1 Å². The summed E-state index contributed by atoms with van der Waals surface area (Å²) in [4.78, 5) is 50.8. The SMILES string of the molecule is C=C.CC(C)(O)C(=O)c1ccc(OCCC[Si]2(C)O[Si](C)(CCCOc3ccc(C(=O)C(C)(C)O)cc3)O[Si](C)(COc3ccc(C(=O)C(C)(C)O)cc3)O[Si](C)(COc3ccc(C(=O)C(C)(C)O)cc3)O2)cc1. The summed E-state index contributed by atoms with van der Waals surface area (Å²) in [6.07, 6.45) is 1.02. The first-order valence-electron chi connectivity index (χ1n) is 24.5. The van der Waals surface area contributed by atoms with Crippen molar-refractivity contribution in [3.63, 3.8) is 0 Å². The van der Waals surface area contributed by atoms with E-state index in [2.05, 4.69) is 13.2 Å². The Morgan fingerprint density at radius 1 is 0.392 bits per heavy atom. The molecular formula is C54H76O16Si4.